The van der Waals surface area contributed by atoms with Gasteiger partial charge in [0, 0.05) is 24.0 Å². The van der Waals surface area contributed by atoms with E-state index in [9.17, 15) is 4.79 Å². The maximum Gasteiger partial charge on any atom is 0.241 e. The molecule has 3 unspecified atom stereocenters. The second-order valence-corrected chi connectivity index (χ2v) is 6.26. The highest BCUT2D eigenvalue weighted by Gasteiger charge is 2.71. The lowest BCUT2D eigenvalue weighted by atomic mass is 9.48. The monoisotopic (exact) mass is 254 g/mol. The van der Waals surface area contributed by atoms with Crippen LogP contribution in [0.2, 0.25) is 0 Å². The van der Waals surface area contributed by atoms with Gasteiger partial charge in [-0.05, 0) is 19.3 Å². The molecule has 1 saturated heterocycles. The zero-order valence-electron chi connectivity index (χ0n) is 12.0. The molecule has 0 bridgehead atoms. The summed E-state index contributed by atoms with van der Waals surface area (Å²) in [5.74, 6) is 0.190. The molecule has 3 atom stereocenters. The molecule has 4 heteroatoms. The van der Waals surface area contributed by atoms with Crippen LogP contribution in [-0.2, 0) is 9.53 Å². The molecule has 0 spiro atoms. The van der Waals surface area contributed by atoms with E-state index in [2.05, 4.69) is 19.2 Å². The van der Waals surface area contributed by atoms with Gasteiger partial charge in [-0.15, -0.1) is 0 Å². The predicted molar refractivity (Wildman–Crippen MR) is 71.1 cm³/mol. The molecule has 104 valence electrons. The minimum atomic E-state index is -0.767. The van der Waals surface area contributed by atoms with Crippen LogP contribution in [0.25, 0.3) is 0 Å². The van der Waals surface area contributed by atoms with Crippen LogP contribution < -0.4 is 11.1 Å². The number of hydrogen-bond acceptors (Lipinski definition) is 3. The van der Waals surface area contributed by atoms with Crippen LogP contribution in [0.1, 0.15) is 47.0 Å². The largest absolute Gasteiger partial charge is 0.377 e. The first-order chi connectivity index (χ1) is 8.39. The molecule has 0 aromatic heterocycles. The number of carbonyl (C=O) groups excluding carboxylic acids is 1. The van der Waals surface area contributed by atoms with E-state index in [1.165, 1.54) is 0 Å². The Balaban J connectivity index is 2.13. The SMILES string of the molecule is CCC(CC)NC(=O)C1(N)C2CCOC2C1(C)C. The molecule has 3 N–H and O–H groups in total. The Morgan fingerprint density at radius 2 is 2.06 bits per heavy atom. The van der Waals surface area contributed by atoms with Gasteiger partial charge in [-0.2, -0.15) is 0 Å². The third-order valence-electron chi connectivity index (χ3n) is 5.15. The van der Waals surface area contributed by atoms with Crippen molar-refractivity contribution >= 4 is 5.91 Å². The van der Waals surface area contributed by atoms with Crippen molar-refractivity contribution in [2.24, 2.45) is 17.1 Å². The molecule has 0 aromatic rings. The van der Waals surface area contributed by atoms with Crippen LogP contribution in [0.5, 0.6) is 0 Å². The molecular weight excluding hydrogens is 228 g/mol. The summed E-state index contributed by atoms with van der Waals surface area (Å²) < 4.78 is 5.71. The Labute approximate surface area is 110 Å². The smallest absolute Gasteiger partial charge is 0.241 e. The minimum Gasteiger partial charge on any atom is -0.377 e. The lowest BCUT2D eigenvalue weighted by Crippen LogP contribution is -2.80. The van der Waals surface area contributed by atoms with E-state index >= 15 is 0 Å². The number of ether oxygens (including phenoxy) is 1. The van der Waals surface area contributed by atoms with Gasteiger partial charge < -0.3 is 15.8 Å². The fourth-order valence-electron chi connectivity index (χ4n) is 3.64. The maximum atomic E-state index is 12.5. The number of carbonyl (C=O) groups is 1. The molecule has 1 heterocycles. The molecule has 1 aliphatic heterocycles. The zero-order chi connectivity index (χ0) is 13.6. The molecule has 1 aliphatic carbocycles. The number of amides is 1. The van der Waals surface area contributed by atoms with Crippen molar-refractivity contribution in [2.75, 3.05) is 6.61 Å². The van der Waals surface area contributed by atoms with Crippen LogP contribution in [-0.4, -0.2) is 30.2 Å². The standard InChI is InChI=1S/C14H26N2O2/c1-5-9(6-2)16-12(17)14(15)10-7-8-18-11(10)13(14,3)4/h9-11H,5-8,15H2,1-4H3,(H,16,17). The zero-order valence-corrected chi connectivity index (χ0v) is 12.0. The van der Waals surface area contributed by atoms with Crippen molar-refractivity contribution < 1.29 is 9.53 Å². The maximum absolute atomic E-state index is 12.5. The van der Waals surface area contributed by atoms with E-state index in [-0.39, 0.29) is 29.4 Å². The molecule has 0 radical (unpaired) electrons. The Morgan fingerprint density at radius 3 is 2.61 bits per heavy atom. The Kier molecular flexibility index (Phi) is 3.45. The van der Waals surface area contributed by atoms with Gasteiger partial charge in [0.05, 0.1) is 6.10 Å². The highest BCUT2D eigenvalue weighted by molar-refractivity contribution is 5.89. The number of nitrogens with two attached hydrogens (primary N) is 1. The summed E-state index contributed by atoms with van der Waals surface area (Å²) in [5, 5.41) is 3.11. The van der Waals surface area contributed by atoms with Gasteiger partial charge >= 0.3 is 0 Å². The van der Waals surface area contributed by atoms with E-state index in [0.717, 1.165) is 25.9 Å². The van der Waals surface area contributed by atoms with Crippen molar-refractivity contribution in [3.05, 3.63) is 0 Å². The van der Waals surface area contributed by atoms with Crippen LogP contribution in [0, 0.1) is 11.3 Å². The average Bonchev–Trinajstić information content (AvgIpc) is 2.82. The molecule has 0 aromatic carbocycles. The van der Waals surface area contributed by atoms with Crippen molar-refractivity contribution in [3.63, 3.8) is 0 Å². The van der Waals surface area contributed by atoms with Crippen LogP contribution >= 0.6 is 0 Å². The molecule has 1 amide bonds. The average molecular weight is 254 g/mol. The summed E-state index contributed by atoms with van der Waals surface area (Å²) in [6.07, 6.45) is 2.95. The number of rotatable bonds is 4. The van der Waals surface area contributed by atoms with Crippen molar-refractivity contribution in [3.8, 4) is 0 Å². The summed E-state index contributed by atoms with van der Waals surface area (Å²) in [4.78, 5) is 12.5. The Hall–Kier alpha value is -0.610. The van der Waals surface area contributed by atoms with Gasteiger partial charge in [-0.25, -0.2) is 0 Å². The molecule has 18 heavy (non-hydrogen) atoms. The lowest BCUT2D eigenvalue weighted by Gasteiger charge is -2.60. The number of nitrogens with one attached hydrogen (secondary N) is 1. The lowest BCUT2D eigenvalue weighted by molar-refractivity contribution is -0.176. The quantitative estimate of drug-likeness (QED) is 0.798. The second kappa shape index (κ2) is 4.49. The van der Waals surface area contributed by atoms with Crippen LogP contribution in [0.4, 0.5) is 0 Å². The third-order valence-corrected chi connectivity index (χ3v) is 5.15. The number of hydrogen-bond donors (Lipinski definition) is 2. The molecule has 2 rings (SSSR count). The van der Waals surface area contributed by atoms with E-state index in [1.807, 2.05) is 13.8 Å². The normalized spacial score (nSPS) is 37.2. The summed E-state index contributed by atoms with van der Waals surface area (Å²) in [5.41, 5.74) is 5.43. The van der Waals surface area contributed by atoms with Crippen molar-refractivity contribution in [1.29, 1.82) is 0 Å². The van der Waals surface area contributed by atoms with Crippen molar-refractivity contribution in [2.45, 2.75) is 64.6 Å². The highest BCUT2D eigenvalue weighted by atomic mass is 16.5. The first kappa shape index (κ1) is 13.8. The number of fused-ring (bicyclic) bond motifs is 1. The van der Waals surface area contributed by atoms with E-state index in [4.69, 9.17) is 10.5 Å². The summed E-state index contributed by atoms with van der Waals surface area (Å²) in [6, 6.07) is 0.232. The first-order valence-corrected chi connectivity index (χ1v) is 7.11. The molecule has 4 nitrogen and oxygen atoms in total. The van der Waals surface area contributed by atoms with Gasteiger partial charge in [0.15, 0.2) is 0 Å². The minimum absolute atomic E-state index is 0.00736. The predicted octanol–water partition coefficient (Wildman–Crippen LogP) is 1.43. The van der Waals surface area contributed by atoms with Gasteiger partial charge in [0.1, 0.15) is 5.54 Å². The van der Waals surface area contributed by atoms with Crippen LogP contribution in [0.15, 0.2) is 0 Å². The van der Waals surface area contributed by atoms with Crippen molar-refractivity contribution in [1.82, 2.24) is 5.32 Å². The third kappa shape index (κ3) is 1.62. The topological polar surface area (TPSA) is 64.4 Å². The van der Waals surface area contributed by atoms with Gasteiger partial charge in [-0.1, -0.05) is 27.7 Å². The first-order valence-electron chi connectivity index (χ1n) is 7.11. The Bertz CT molecular complexity index is 339. The molecule has 1 saturated carbocycles. The van der Waals surface area contributed by atoms with E-state index in [0.29, 0.717) is 0 Å². The van der Waals surface area contributed by atoms with Gasteiger partial charge in [0.25, 0.3) is 0 Å². The van der Waals surface area contributed by atoms with Crippen LogP contribution in [0.3, 0.4) is 0 Å². The highest BCUT2D eigenvalue weighted by Crippen LogP contribution is 2.58. The summed E-state index contributed by atoms with van der Waals surface area (Å²) in [6.45, 7) is 9.00. The Morgan fingerprint density at radius 1 is 1.44 bits per heavy atom. The van der Waals surface area contributed by atoms with E-state index < -0.39 is 5.54 Å². The van der Waals surface area contributed by atoms with Gasteiger partial charge in [0.2, 0.25) is 5.91 Å². The fourth-order valence-corrected chi connectivity index (χ4v) is 3.64. The molecule has 2 fully saturated rings. The second-order valence-electron chi connectivity index (χ2n) is 6.26. The molecular formula is C14H26N2O2. The summed E-state index contributed by atoms with van der Waals surface area (Å²) >= 11 is 0. The fraction of sp³-hybridized carbons (Fsp3) is 0.929. The van der Waals surface area contributed by atoms with Gasteiger partial charge in [-0.3, -0.25) is 4.79 Å². The van der Waals surface area contributed by atoms with E-state index in [1.54, 1.807) is 0 Å². The summed E-state index contributed by atoms with van der Waals surface area (Å²) in [7, 11) is 0. The molecule has 2 aliphatic rings.